The molecule has 0 aliphatic heterocycles. The van der Waals surface area contributed by atoms with Crippen molar-refractivity contribution in [1.29, 1.82) is 0 Å². The van der Waals surface area contributed by atoms with E-state index >= 15 is 0 Å². The molecule has 0 fully saturated rings. The molecule has 0 aromatic rings. The first-order valence-electron chi connectivity index (χ1n) is 3.51. The first-order chi connectivity index (χ1) is 4.80. The van der Waals surface area contributed by atoms with Gasteiger partial charge in [-0.1, -0.05) is 29.3 Å². The van der Waals surface area contributed by atoms with Gasteiger partial charge in [-0.2, -0.15) is 0 Å². The molecule has 0 aromatic carbocycles. The molecule has 1 aliphatic carbocycles. The van der Waals surface area contributed by atoms with Crippen molar-refractivity contribution in [2.45, 2.75) is 25.7 Å². The van der Waals surface area contributed by atoms with Crippen molar-refractivity contribution in [3.63, 3.8) is 0 Å². The Morgan fingerprint density at radius 3 is 2.64 bits per heavy atom. The van der Waals surface area contributed by atoms with Gasteiger partial charge in [-0.25, -0.2) is 0 Å². The maximum atomic E-state index is 5.84. The topological polar surface area (TPSA) is 0 Å². The zero-order valence-electron chi connectivity index (χ0n) is 6.09. The third kappa shape index (κ3) is 4.30. The van der Waals surface area contributed by atoms with E-state index in [0.717, 1.165) is 24.3 Å². The van der Waals surface area contributed by atoms with Gasteiger partial charge in [0, 0.05) is 24.5 Å². The van der Waals surface area contributed by atoms with Crippen LogP contribution in [0.15, 0.2) is 22.2 Å². The molecule has 0 amide bonds. The maximum absolute atomic E-state index is 5.84. The van der Waals surface area contributed by atoms with Crippen molar-refractivity contribution in [3.8, 4) is 0 Å². The molecule has 11 heavy (non-hydrogen) atoms. The summed E-state index contributed by atoms with van der Waals surface area (Å²) >= 11 is 11.6. The second-order valence-corrected chi connectivity index (χ2v) is 3.26. The fraction of sp³-hybridized carbons (Fsp3) is 0.500. The van der Waals surface area contributed by atoms with Crippen LogP contribution in [0.25, 0.3) is 0 Å². The molecule has 1 aliphatic rings. The van der Waals surface area contributed by atoms with Crippen molar-refractivity contribution in [1.82, 2.24) is 0 Å². The van der Waals surface area contributed by atoms with Gasteiger partial charge < -0.3 is 0 Å². The summed E-state index contributed by atoms with van der Waals surface area (Å²) in [5.74, 6) is 0. The van der Waals surface area contributed by atoms with Gasteiger partial charge in [0.15, 0.2) is 0 Å². The van der Waals surface area contributed by atoms with E-state index in [-0.39, 0.29) is 19.5 Å². The molecule has 0 unspecified atom stereocenters. The van der Waals surface area contributed by atoms with Crippen LogP contribution in [0.1, 0.15) is 25.7 Å². The second kappa shape index (κ2) is 6.23. The number of rotatable bonds is 0. The third-order valence-corrected chi connectivity index (χ3v) is 2.38. The Morgan fingerprint density at radius 1 is 1.18 bits per heavy atom. The van der Waals surface area contributed by atoms with Crippen LogP contribution in [0.2, 0.25) is 0 Å². The first-order valence-corrected chi connectivity index (χ1v) is 4.27. The zero-order valence-corrected chi connectivity index (χ0v) is 9.34. The van der Waals surface area contributed by atoms with E-state index in [0.29, 0.717) is 5.03 Å². The largest absolute Gasteiger partial charge is 0.0875 e. The van der Waals surface area contributed by atoms with Crippen molar-refractivity contribution >= 4 is 23.2 Å². The molecule has 0 N–H and O–H groups in total. The summed E-state index contributed by atoms with van der Waals surface area (Å²) in [7, 11) is 0. The molecule has 0 radical (unpaired) electrons. The van der Waals surface area contributed by atoms with Crippen molar-refractivity contribution in [3.05, 3.63) is 22.2 Å². The maximum Gasteiger partial charge on any atom is 0.0547 e. The summed E-state index contributed by atoms with van der Waals surface area (Å²) in [6.07, 6.45) is 8.40. The minimum Gasteiger partial charge on any atom is -0.0875 e. The summed E-state index contributed by atoms with van der Waals surface area (Å²) in [6, 6.07) is 0. The average Bonchev–Trinajstić information content (AvgIpc) is 1.92. The number of halogens is 2. The van der Waals surface area contributed by atoms with Crippen LogP contribution >= 0.6 is 23.2 Å². The van der Waals surface area contributed by atoms with Crippen LogP contribution in [0, 0.1) is 0 Å². The molecular formula is C8H10Cl2Ru. The Hall–Kier alpha value is 0.683. The molecule has 0 nitrogen and oxygen atoms in total. The van der Waals surface area contributed by atoms with Gasteiger partial charge >= 0.3 is 0 Å². The van der Waals surface area contributed by atoms with Crippen molar-refractivity contribution in [2.24, 2.45) is 0 Å². The van der Waals surface area contributed by atoms with E-state index < -0.39 is 0 Å². The van der Waals surface area contributed by atoms with E-state index in [2.05, 4.69) is 6.08 Å². The number of hydrogen-bond acceptors (Lipinski definition) is 0. The summed E-state index contributed by atoms with van der Waals surface area (Å²) < 4.78 is 0. The molecule has 0 saturated heterocycles. The summed E-state index contributed by atoms with van der Waals surface area (Å²) in [6.45, 7) is 0. The molecule has 1 rings (SSSR count). The van der Waals surface area contributed by atoms with Crippen molar-refractivity contribution in [2.75, 3.05) is 0 Å². The van der Waals surface area contributed by atoms with Crippen molar-refractivity contribution < 1.29 is 19.5 Å². The fourth-order valence-electron chi connectivity index (χ4n) is 0.939. The quantitative estimate of drug-likeness (QED) is 0.591. The van der Waals surface area contributed by atoms with Crippen LogP contribution in [0.4, 0.5) is 0 Å². The molecule has 0 saturated carbocycles. The van der Waals surface area contributed by atoms with Gasteiger partial charge in [0.1, 0.15) is 0 Å². The summed E-state index contributed by atoms with van der Waals surface area (Å²) in [4.78, 5) is 0. The molecule has 0 bridgehead atoms. The molecule has 3 heteroatoms. The fourth-order valence-corrected chi connectivity index (χ4v) is 1.32. The molecule has 0 atom stereocenters. The van der Waals surface area contributed by atoms with E-state index in [1.807, 2.05) is 6.08 Å². The Balaban J connectivity index is 0.000001000. The van der Waals surface area contributed by atoms with Gasteiger partial charge in [0.05, 0.1) is 5.03 Å². The summed E-state index contributed by atoms with van der Waals surface area (Å²) in [5.41, 5.74) is 0. The van der Waals surface area contributed by atoms with Crippen LogP contribution in [0.5, 0.6) is 0 Å². The average molecular weight is 278 g/mol. The Morgan fingerprint density at radius 2 is 1.91 bits per heavy atom. The van der Waals surface area contributed by atoms with Crippen LogP contribution < -0.4 is 0 Å². The minimum absolute atomic E-state index is 0. The van der Waals surface area contributed by atoms with Gasteiger partial charge in [0.2, 0.25) is 0 Å². The predicted molar refractivity (Wildman–Crippen MR) is 46.3 cm³/mol. The smallest absolute Gasteiger partial charge is 0.0547 e. The number of hydrogen-bond donors (Lipinski definition) is 0. The van der Waals surface area contributed by atoms with E-state index in [1.165, 1.54) is 6.42 Å². The third-order valence-electron chi connectivity index (χ3n) is 1.54. The Kier molecular flexibility index (Phi) is 6.61. The standard InChI is InChI=1S/C8H10Cl2.Ru/c9-7-5-3-1-2-4-6-8(7)10;/h3,5H,1-2,4,6H2;. The normalized spacial score (nSPS) is 18.7. The molecule has 64 valence electrons. The monoisotopic (exact) mass is 278 g/mol. The second-order valence-electron chi connectivity index (χ2n) is 2.40. The van der Waals surface area contributed by atoms with Gasteiger partial charge in [0.25, 0.3) is 0 Å². The minimum atomic E-state index is 0. The van der Waals surface area contributed by atoms with Gasteiger partial charge in [-0.15, -0.1) is 0 Å². The molecule has 0 aromatic heterocycles. The van der Waals surface area contributed by atoms with Gasteiger partial charge in [-0.3, -0.25) is 0 Å². The summed E-state index contributed by atoms with van der Waals surface area (Å²) in [5, 5.41) is 1.51. The predicted octanol–water partition coefficient (Wildman–Crippen LogP) is 3.80. The van der Waals surface area contributed by atoms with Crippen LogP contribution in [0.3, 0.4) is 0 Å². The SMILES string of the molecule is ClC1=C(Cl)CCCCC=C1.[Ru]. The van der Waals surface area contributed by atoms with E-state index in [4.69, 9.17) is 23.2 Å². The number of allylic oxidation sites excluding steroid dienone is 4. The first kappa shape index (κ1) is 11.7. The molecule has 0 heterocycles. The Labute approximate surface area is 90.4 Å². The van der Waals surface area contributed by atoms with Crippen LogP contribution in [-0.4, -0.2) is 0 Å². The zero-order chi connectivity index (χ0) is 7.40. The van der Waals surface area contributed by atoms with Gasteiger partial charge in [-0.05, 0) is 31.8 Å². The molecular weight excluding hydrogens is 268 g/mol. The van der Waals surface area contributed by atoms with Crippen LogP contribution in [-0.2, 0) is 19.5 Å². The van der Waals surface area contributed by atoms with E-state index in [1.54, 1.807) is 0 Å². The van der Waals surface area contributed by atoms with E-state index in [9.17, 15) is 0 Å². The molecule has 0 spiro atoms. The Bertz CT molecular complexity index is 173.